The summed E-state index contributed by atoms with van der Waals surface area (Å²) in [4.78, 5) is 31.1. The molecule has 1 atom stereocenters. The van der Waals surface area contributed by atoms with E-state index in [1.165, 1.54) is 13.2 Å². The maximum absolute atomic E-state index is 16.1. The summed E-state index contributed by atoms with van der Waals surface area (Å²) in [5, 5.41) is 12.0. The summed E-state index contributed by atoms with van der Waals surface area (Å²) >= 11 is 6.50. The van der Waals surface area contributed by atoms with Gasteiger partial charge in [0.1, 0.15) is 25.2 Å². The largest absolute Gasteiger partial charge is 0.468 e. The minimum atomic E-state index is -2.26. The van der Waals surface area contributed by atoms with Crippen LogP contribution in [0.5, 0.6) is 5.75 Å². The van der Waals surface area contributed by atoms with Crippen LogP contribution in [0.25, 0.3) is 21.9 Å². The van der Waals surface area contributed by atoms with Gasteiger partial charge in [-0.25, -0.2) is 9.37 Å². The molecule has 1 N–H and O–H groups in total. The lowest BCUT2D eigenvalue weighted by Gasteiger charge is -2.38. The van der Waals surface area contributed by atoms with E-state index in [-0.39, 0.29) is 35.1 Å². The Hall–Kier alpha value is -3.56. The van der Waals surface area contributed by atoms with Crippen LogP contribution in [0.3, 0.4) is 0 Å². The van der Waals surface area contributed by atoms with Crippen molar-refractivity contribution < 1.29 is 23.8 Å². The number of carbonyl (C=O) groups excluding carboxylic acids is 1. The molecular weight excluding hydrogens is 685 g/mol. The molecule has 0 radical (unpaired) electrons. The zero-order valence-corrected chi connectivity index (χ0v) is 32.7. The normalized spacial score (nSPS) is 18.5. The van der Waals surface area contributed by atoms with Gasteiger partial charge in [0, 0.05) is 37.2 Å². The summed E-state index contributed by atoms with van der Waals surface area (Å²) < 4.78 is 29.1. The Balaban J connectivity index is 1.62. The first-order valence-corrected chi connectivity index (χ1v) is 20.7. The fraction of sp³-hybridized carbons (Fsp3) is 0.538. The van der Waals surface area contributed by atoms with Crippen molar-refractivity contribution in [3.63, 3.8) is 0 Å². The Morgan fingerprint density at radius 1 is 1.10 bits per heavy atom. The molecule has 1 saturated carbocycles. The SMILES string of the molecule is COCOc1cc(C(=O)c2nc3nc(Cl)nc(N4CCC[C@@](C)(O)C4)c3n2C2CCC2)c2c(C#C[Si](C(C)C)(C(C)C)C(C)C)c(F)ccc2c1. The number of ketones is 1. The van der Waals surface area contributed by atoms with Crippen molar-refractivity contribution in [3.8, 4) is 17.2 Å². The minimum absolute atomic E-state index is 0.00752. The van der Waals surface area contributed by atoms with Gasteiger partial charge in [-0.15, -0.1) is 5.54 Å². The molecule has 3 heterocycles. The number of rotatable bonds is 10. The number of β-amino-alcohol motifs (C(OH)–C–C–N with tert-alkyl or cyclic N) is 1. The molecule has 272 valence electrons. The van der Waals surface area contributed by atoms with Gasteiger partial charge in [0.15, 0.2) is 24.1 Å². The third kappa shape index (κ3) is 6.88. The van der Waals surface area contributed by atoms with Crippen LogP contribution in [-0.4, -0.2) is 71.1 Å². The summed E-state index contributed by atoms with van der Waals surface area (Å²) in [6, 6.07) is 6.47. The molecule has 0 spiro atoms. The van der Waals surface area contributed by atoms with Crippen LogP contribution in [0.2, 0.25) is 21.9 Å². The van der Waals surface area contributed by atoms with Gasteiger partial charge in [-0.05, 0) is 90.8 Å². The summed E-state index contributed by atoms with van der Waals surface area (Å²) in [7, 11) is -0.736. The van der Waals surface area contributed by atoms with Crippen LogP contribution in [0.4, 0.5) is 10.2 Å². The van der Waals surface area contributed by atoms with Crippen LogP contribution < -0.4 is 9.64 Å². The number of imidazole rings is 1. The maximum Gasteiger partial charge on any atom is 0.229 e. The summed E-state index contributed by atoms with van der Waals surface area (Å²) in [5.74, 6) is 3.54. The number of piperidine rings is 1. The van der Waals surface area contributed by atoms with E-state index in [0.29, 0.717) is 69.6 Å². The number of aliphatic hydroxyl groups is 1. The number of ether oxygens (including phenoxy) is 2. The van der Waals surface area contributed by atoms with Gasteiger partial charge in [0.05, 0.1) is 11.2 Å². The van der Waals surface area contributed by atoms with E-state index in [0.717, 1.165) is 25.7 Å². The Labute approximate surface area is 305 Å². The second-order valence-electron chi connectivity index (χ2n) is 15.4. The number of fused-ring (bicyclic) bond motifs is 2. The Kier molecular flexibility index (Phi) is 10.5. The highest BCUT2D eigenvalue weighted by Gasteiger charge is 2.42. The topological polar surface area (TPSA) is 103 Å². The summed E-state index contributed by atoms with van der Waals surface area (Å²) in [6.45, 7) is 16.1. The van der Waals surface area contributed by atoms with Crippen molar-refractivity contribution >= 4 is 53.2 Å². The fourth-order valence-electron chi connectivity index (χ4n) is 8.39. The van der Waals surface area contributed by atoms with Gasteiger partial charge in [-0.2, -0.15) is 9.97 Å². The van der Waals surface area contributed by atoms with E-state index in [4.69, 9.17) is 26.1 Å². The van der Waals surface area contributed by atoms with E-state index < -0.39 is 25.3 Å². The minimum Gasteiger partial charge on any atom is -0.468 e. The molecule has 2 aliphatic rings. The highest BCUT2D eigenvalue weighted by atomic mass is 35.5. The molecule has 1 aliphatic heterocycles. The van der Waals surface area contributed by atoms with E-state index in [9.17, 15) is 5.11 Å². The predicted molar refractivity (Wildman–Crippen MR) is 203 cm³/mol. The van der Waals surface area contributed by atoms with Gasteiger partial charge < -0.3 is 24.0 Å². The van der Waals surface area contributed by atoms with Gasteiger partial charge in [0.25, 0.3) is 0 Å². The van der Waals surface area contributed by atoms with Gasteiger partial charge in [-0.1, -0.05) is 53.5 Å². The second kappa shape index (κ2) is 14.5. The number of benzene rings is 2. The molecule has 2 fully saturated rings. The van der Waals surface area contributed by atoms with E-state index in [1.807, 2.05) is 16.4 Å². The number of aromatic nitrogens is 4. The van der Waals surface area contributed by atoms with Crippen molar-refractivity contribution in [1.82, 2.24) is 19.5 Å². The van der Waals surface area contributed by atoms with Crippen LogP contribution in [-0.2, 0) is 4.74 Å². The van der Waals surface area contributed by atoms with E-state index in [1.54, 1.807) is 18.2 Å². The highest BCUT2D eigenvalue weighted by molar-refractivity contribution is 6.90. The fourth-order valence-corrected chi connectivity index (χ4v) is 13.8. The third-order valence-corrected chi connectivity index (χ3v) is 17.5. The second-order valence-corrected chi connectivity index (χ2v) is 21.3. The molecule has 9 nitrogen and oxygen atoms in total. The number of nitrogens with zero attached hydrogens (tertiary/aromatic N) is 5. The Morgan fingerprint density at radius 3 is 2.41 bits per heavy atom. The Bertz CT molecular complexity index is 2010. The summed E-state index contributed by atoms with van der Waals surface area (Å²) in [5.41, 5.74) is 5.10. The third-order valence-electron chi connectivity index (χ3n) is 11.0. The van der Waals surface area contributed by atoms with Crippen molar-refractivity contribution in [1.29, 1.82) is 0 Å². The number of hydrogen-bond donors (Lipinski definition) is 1. The maximum atomic E-state index is 16.1. The lowest BCUT2D eigenvalue weighted by atomic mass is 9.91. The summed E-state index contributed by atoms with van der Waals surface area (Å²) in [6.07, 6.45) is 4.13. The number of halogens is 2. The highest BCUT2D eigenvalue weighted by Crippen LogP contribution is 2.43. The van der Waals surface area contributed by atoms with Crippen LogP contribution in [0, 0.1) is 17.3 Å². The number of carbonyl (C=O) groups is 1. The standard InChI is InChI=1S/C39H49ClFN5O4Si/c1-23(2)51(24(3)4,25(5)6)18-15-29-31(41)14-13-26-19-28(50-22-49-8)20-30(32(26)29)34(47)37-42-35-33(46(37)27-11-9-12-27)36(44-38(40)43-35)45-17-10-16-39(7,48)21-45/h13-14,19-20,23-25,27,48H,9-12,16-17,21-22H2,1-8H3/t39-/m1/s1. The number of methoxy groups -OCH3 is 1. The first-order chi connectivity index (χ1) is 24.2. The number of hydrogen-bond acceptors (Lipinski definition) is 8. The van der Waals surface area contributed by atoms with Crippen LogP contribution in [0.1, 0.15) is 108 Å². The lowest BCUT2D eigenvalue weighted by Crippen LogP contribution is -2.46. The molecule has 4 aromatic rings. The van der Waals surface area contributed by atoms with Gasteiger partial charge in [-0.3, -0.25) is 4.79 Å². The Morgan fingerprint density at radius 2 is 1.80 bits per heavy atom. The smallest absolute Gasteiger partial charge is 0.229 e. The lowest BCUT2D eigenvalue weighted by molar-refractivity contribution is 0.0447. The zero-order chi connectivity index (χ0) is 36.8. The molecule has 1 aliphatic carbocycles. The monoisotopic (exact) mass is 733 g/mol. The molecule has 0 bridgehead atoms. The predicted octanol–water partition coefficient (Wildman–Crippen LogP) is 8.63. The van der Waals surface area contributed by atoms with Crippen LogP contribution in [0.15, 0.2) is 24.3 Å². The molecule has 2 aromatic carbocycles. The molecule has 0 amide bonds. The van der Waals surface area contributed by atoms with Crippen molar-refractivity contribution in [2.75, 3.05) is 31.9 Å². The average molecular weight is 734 g/mol. The van der Waals surface area contributed by atoms with Crippen molar-refractivity contribution in [3.05, 3.63) is 52.3 Å². The van der Waals surface area contributed by atoms with Crippen molar-refractivity contribution in [2.45, 2.75) is 109 Å². The molecule has 12 heteroatoms. The number of anilines is 1. The first-order valence-electron chi connectivity index (χ1n) is 18.1. The molecular formula is C39H49ClFN5O4Si. The van der Waals surface area contributed by atoms with Crippen LogP contribution >= 0.6 is 11.6 Å². The first kappa shape index (κ1) is 37.2. The molecule has 6 rings (SSSR count). The molecule has 1 saturated heterocycles. The van der Waals surface area contributed by atoms with Gasteiger partial charge in [0.2, 0.25) is 11.1 Å². The molecule has 51 heavy (non-hydrogen) atoms. The molecule has 0 unspecified atom stereocenters. The van der Waals surface area contributed by atoms with E-state index >= 15 is 9.18 Å². The van der Waals surface area contributed by atoms with Gasteiger partial charge >= 0.3 is 0 Å². The zero-order valence-electron chi connectivity index (χ0n) is 30.9. The molecule has 2 aromatic heterocycles. The van der Waals surface area contributed by atoms with E-state index in [2.05, 4.69) is 63.0 Å². The van der Waals surface area contributed by atoms with Crippen molar-refractivity contribution in [2.24, 2.45) is 0 Å². The quantitative estimate of drug-likeness (QED) is 0.0568. The average Bonchev–Trinajstić information content (AvgIpc) is 3.40.